The van der Waals surface area contributed by atoms with Gasteiger partial charge in [-0.25, -0.2) is 0 Å². The van der Waals surface area contributed by atoms with Crippen molar-refractivity contribution in [1.82, 2.24) is 20.6 Å². The molecule has 36 valence electrons. The maximum absolute atomic E-state index is 3.56. The van der Waals surface area contributed by atoms with Crippen LogP contribution in [0.15, 0.2) is 6.20 Å². The molecule has 0 aliphatic rings. The van der Waals surface area contributed by atoms with Crippen molar-refractivity contribution in [2.45, 2.75) is 6.92 Å². The quantitative estimate of drug-likeness (QED) is 0.440. The number of hydrogen-bond donors (Lipinski definition) is 0. The Labute approximate surface area is 40.6 Å². The van der Waals surface area contributed by atoms with Crippen molar-refractivity contribution in [3.8, 4) is 0 Å². The van der Waals surface area contributed by atoms with E-state index in [9.17, 15) is 0 Å². The van der Waals surface area contributed by atoms with Crippen LogP contribution in [0.3, 0.4) is 0 Å². The van der Waals surface area contributed by atoms with Crippen LogP contribution in [0.25, 0.3) is 0 Å². The highest BCUT2D eigenvalue weighted by atomic mass is 15.4. The fourth-order valence-electron chi connectivity index (χ4n) is 0.249. The second kappa shape index (κ2) is 1.59. The molecule has 0 unspecified atom stereocenters. The number of nitrogens with zero attached hydrogens (tertiary/aromatic N) is 4. The topological polar surface area (TPSA) is 51.6 Å². The number of hydrogen-bond acceptors (Lipinski definition) is 4. The van der Waals surface area contributed by atoms with Crippen LogP contribution >= 0.6 is 0 Å². The van der Waals surface area contributed by atoms with E-state index in [1.54, 1.807) is 6.20 Å². The Morgan fingerprint density at radius 3 is 2.57 bits per heavy atom. The van der Waals surface area contributed by atoms with Crippen molar-refractivity contribution in [2.24, 2.45) is 0 Å². The Bertz CT molecular complexity index is 137. The van der Waals surface area contributed by atoms with Gasteiger partial charge < -0.3 is 0 Å². The zero-order valence-electron chi connectivity index (χ0n) is 3.87. The Balaban J connectivity index is 3.02. The first-order valence-electron chi connectivity index (χ1n) is 1.87. The van der Waals surface area contributed by atoms with Gasteiger partial charge >= 0.3 is 0 Å². The van der Waals surface area contributed by atoms with Crippen LogP contribution in [0.5, 0.6) is 0 Å². The van der Waals surface area contributed by atoms with Gasteiger partial charge in [-0.05, 0) is 17.4 Å². The fourth-order valence-corrected chi connectivity index (χ4v) is 0.249. The molecular formula is C3H4N4. The molecule has 0 aliphatic heterocycles. The van der Waals surface area contributed by atoms with Gasteiger partial charge in [0.15, 0.2) is 0 Å². The first kappa shape index (κ1) is 4.11. The number of aryl methyl sites for hydroxylation is 1. The SMILES string of the molecule is Cc1cnnnn1. The second-order valence-corrected chi connectivity index (χ2v) is 1.16. The van der Waals surface area contributed by atoms with Crippen molar-refractivity contribution in [3.05, 3.63) is 11.9 Å². The first-order valence-corrected chi connectivity index (χ1v) is 1.87. The summed E-state index contributed by atoms with van der Waals surface area (Å²) in [6, 6.07) is 0. The molecule has 1 rings (SSSR count). The highest BCUT2D eigenvalue weighted by molar-refractivity contribution is 4.81. The molecule has 0 aliphatic carbocycles. The Morgan fingerprint density at radius 1 is 1.43 bits per heavy atom. The van der Waals surface area contributed by atoms with Crippen LogP contribution in [0.4, 0.5) is 0 Å². The van der Waals surface area contributed by atoms with Crippen molar-refractivity contribution < 1.29 is 0 Å². The summed E-state index contributed by atoms with van der Waals surface area (Å²) in [5.41, 5.74) is 0.787. The van der Waals surface area contributed by atoms with E-state index in [4.69, 9.17) is 0 Å². The van der Waals surface area contributed by atoms with Crippen LogP contribution < -0.4 is 0 Å². The summed E-state index contributed by atoms with van der Waals surface area (Å²) >= 11 is 0. The van der Waals surface area contributed by atoms with Gasteiger partial charge in [-0.3, -0.25) is 0 Å². The lowest BCUT2D eigenvalue weighted by Crippen LogP contribution is -1.90. The molecule has 0 N–H and O–H groups in total. The summed E-state index contributed by atoms with van der Waals surface area (Å²) in [6.07, 6.45) is 1.55. The maximum Gasteiger partial charge on any atom is 0.0820 e. The highest BCUT2D eigenvalue weighted by Crippen LogP contribution is 1.75. The molecule has 0 spiro atoms. The van der Waals surface area contributed by atoms with Gasteiger partial charge in [-0.15, -0.1) is 10.2 Å². The molecule has 0 fully saturated rings. The van der Waals surface area contributed by atoms with Gasteiger partial charge in [0.1, 0.15) is 0 Å². The maximum atomic E-state index is 3.56. The molecule has 1 heterocycles. The van der Waals surface area contributed by atoms with E-state index in [2.05, 4.69) is 20.6 Å². The zero-order valence-corrected chi connectivity index (χ0v) is 3.87. The second-order valence-electron chi connectivity index (χ2n) is 1.16. The molecule has 1 aromatic rings. The summed E-state index contributed by atoms with van der Waals surface area (Å²) in [6.45, 7) is 1.81. The summed E-state index contributed by atoms with van der Waals surface area (Å²) in [7, 11) is 0. The van der Waals surface area contributed by atoms with Gasteiger partial charge in [-0.2, -0.15) is 0 Å². The van der Waals surface area contributed by atoms with Crippen LogP contribution in [0.2, 0.25) is 0 Å². The molecule has 0 atom stereocenters. The smallest absolute Gasteiger partial charge is 0.0820 e. The molecule has 0 bridgehead atoms. The fraction of sp³-hybridized carbons (Fsp3) is 0.333. The van der Waals surface area contributed by atoms with Crippen LogP contribution in [-0.4, -0.2) is 20.6 Å². The molecule has 0 aromatic carbocycles. The minimum absolute atomic E-state index is 0.787. The van der Waals surface area contributed by atoms with Crippen LogP contribution in [0.1, 0.15) is 5.69 Å². The largest absolute Gasteiger partial charge is 0.135 e. The molecule has 0 saturated heterocycles. The molecule has 7 heavy (non-hydrogen) atoms. The summed E-state index contributed by atoms with van der Waals surface area (Å²) < 4.78 is 0. The monoisotopic (exact) mass is 96.0 g/mol. The van der Waals surface area contributed by atoms with Gasteiger partial charge in [0.2, 0.25) is 0 Å². The molecule has 0 radical (unpaired) electrons. The minimum atomic E-state index is 0.787. The van der Waals surface area contributed by atoms with Crippen LogP contribution in [-0.2, 0) is 0 Å². The lowest BCUT2D eigenvalue weighted by Gasteiger charge is -1.78. The van der Waals surface area contributed by atoms with E-state index in [0.717, 1.165) is 5.69 Å². The van der Waals surface area contributed by atoms with Crippen molar-refractivity contribution >= 4 is 0 Å². The molecule has 4 heteroatoms. The van der Waals surface area contributed by atoms with E-state index in [-0.39, 0.29) is 0 Å². The van der Waals surface area contributed by atoms with Gasteiger partial charge in [0, 0.05) is 0 Å². The Kier molecular flexibility index (Phi) is 0.934. The van der Waals surface area contributed by atoms with E-state index >= 15 is 0 Å². The molecular weight excluding hydrogens is 92.1 g/mol. The number of rotatable bonds is 0. The van der Waals surface area contributed by atoms with E-state index in [1.807, 2.05) is 6.92 Å². The average molecular weight is 96.1 g/mol. The summed E-state index contributed by atoms with van der Waals surface area (Å²) in [4.78, 5) is 0. The number of aromatic nitrogens is 4. The Hall–Kier alpha value is -1.06. The average Bonchev–Trinajstić information content (AvgIpc) is 1.69. The van der Waals surface area contributed by atoms with Crippen LogP contribution in [0, 0.1) is 6.92 Å². The third-order valence-electron chi connectivity index (χ3n) is 0.539. The van der Waals surface area contributed by atoms with Crippen molar-refractivity contribution in [2.75, 3.05) is 0 Å². The molecule has 1 aromatic heterocycles. The molecule has 0 saturated carbocycles. The highest BCUT2D eigenvalue weighted by Gasteiger charge is 1.77. The lowest BCUT2D eigenvalue weighted by molar-refractivity contribution is 0.742. The third kappa shape index (κ3) is 0.887. The summed E-state index contributed by atoms with van der Waals surface area (Å²) in [5, 5.41) is 13.5. The molecule has 4 nitrogen and oxygen atoms in total. The van der Waals surface area contributed by atoms with Gasteiger partial charge in [0.25, 0.3) is 0 Å². The lowest BCUT2D eigenvalue weighted by atomic mass is 10.6. The van der Waals surface area contributed by atoms with E-state index < -0.39 is 0 Å². The summed E-state index contributed by atoms with van der Waals surface area (Å²) in [5.74, 6) is 0. The van der Waals surface area contributed by atoms with Gasteiger partial charge in [0.05, 0.1) is 11.9 Å². The predicted molar refractivity (Wildman–Crippen MR) is 22.4 cm³/mol. The van der Waals surface area contributed by atoms with E-state index in [1.165, 1.54) is 0 Å². The van der Waals surface area contributed by atoms with Crippen molar-refractivity contribution in [3.63, 3.8) is 0 Å². The standard InChI is InChI=1S/C3H4N4/c1-3-2-4-6-7-5-3/h2H,1H3. The minimum Gasteiger partial charge on any atom is -0.135 e. The Morgan fingerprint density at radius 2 is 2.29 bits per heavy atom. The normalized spacial score (nSPS) is 8.71. The van der Waals surface area contributed by atoms with Gasteiger partial charge in [-0.1, -0.05) is 0 Å². The molecule has 0 amide bonds. The predicted octanol–water partition coefficient (Wildman–Crippen LogP) is -0.425. The van der Waals surface area contributed by atoms with Crippen molar-refractivity contribution in [1.29, 1.82) is 0 Å². The first-order chi connectivity index (χ1) is 3.39. The zero-order chi connectivity index (χ0) is 5.11. The third-order valence-corrected chi connectivity index (χ3v) is 0.539. The van der Waals surface area contributed by atoms with E-state index in [0.29, 0.717) is 0 Å².